The second-order valence-corrected chi connectivity index (χ2v) is 6.52. The van der Waals surface area contributed by atoms with Gasteiger partial charge in [0.05, 0.1) is 12.5 Å². The first kappa shape index (κ1) is 19.9. The van der Waals surface area contributed by atoms with Crippen LogP contribution in [0.1, 0.15) is 66.7 Å². The lowest BCUT2D eigenvalue weighted by Crippen LogP contribution is -2.50. The largest absolute Gasteiger partial charge is 0.481 e. The van der Waals surface area contributed by atoms with Crippen LogP contribution in [0.4, 0.5) is 0 Å². The number of nitrogens with two attached hydrogens (primary N) is 1. The van der Waals surface area contributed by atoms with Gasteiger partial charge in [0.15, 0.2) is 0 Å². The van der Waals surface area contributed by atoms with Gasteiger partial charge in [-0.25, -0.2) is 5.84 Å². The van der Waals surface area contributed by atoms with Crippen molar-refractivity contribution in [3.8, 4) is 0 Å². The second kappa shape index (κ2) is 9.77. The Balaban J connectivity index is 4.86. The molecule has 0 saturated carbocycles. The van der Waals surface area contributed by atoms with E-state index in [0.717, 1.165) is 19.3 Å². The molecule has 1 amide bonds. The number of carbonyl (C=O) groups is 2. The van der Waals surface area contributed by atoms with Crippen LogP contribution in [0, 0.1) is 17.8 Å². The van der Waals surface area contributed by atoms with Gasteiger partial charge in [-0.05, 0) is 24.2 Å². The normalized spacial score (nSPS) is 15.6. The van der Waals surface area contributed by atoms with E-state index in [0.29, 0.717) is 18.3 Å². The highest BCUT2D eigenvalue weighted by Crippen LogP contribution is 2.25. The smallest absolute Gasteiger partial charge is 0.305 e. The van der Waals surface area contributed by atoms with E-state index in [1.807, 2.05) is 6.92 Å². The Labute approximate surface area is 128 Å². The van der Waals surface area contributed by atoms with E-state index < -0.39 is 12.0 Å². The number of hydrogen-bond acceptors (Lipinski definition) is 3. The van der Waals surface area contributed by atoms with Gasteiger partial charge in [-0.1, -0.05) is 47.5 Å². The summed E-state index contributed by atoms with van der Waals surface area (Å²) in [5.41, 5.74) is 0. The molecule has 0 radical (unpaired) electrons. The van der Waals surface area contributed by atoms with Crippen molar-refractivity contribution in [1.82, 2.24) is 5.01 Å². The van der Waals surface area contributed by atoms with E-state index >= 15 is 0 Å². The molecule has 0 spiro atoms. The van der Waals surface area contributed by atoms with Gasteiger partial charge in [0.25, 0.3) is 0 Å². The first-order chi connectivity index (χ1) is 9.70. The molecule has 21 heavy (non-hydrogen) atoms. The Hall–Kier alpha value is -1.10. The number of hydrazine groups is 1. The van der Waals surface area contributed by atoms with E-state index in [4.69, 9.17) is 10.9 Å². The molecule has 0 aromatic rings. The molecule has 3 atom stereocenters. The zero-order valence-corrected chi connectivity index (χ0v) is 14.1. The third-order valence-corrected chi connectivity index (χ3v) is 4.21. The minimum absolute atomic E-state index is 0.0639. The van der Waals surface area contributed by atoms with Crippen molar-refractivity contribution in [1.29, 1.82) is 0 Å². The van der Waals surface area contributed by atoms with Crippen LogP contribution in [0.5, 0.6) is 0 Å². The summed E-state index contributed by atoms with van der Waals surface area (Å²) in [6, 6.07) is -0.441. The average molecular weight is 300 g/mol. The van der Waals surface area contributed by atoms with Gasteiger partial charge >= 0.3 is 5.97 Å². The van der Waals surface area contributed by atoms with Crippen molar-refractivity contribution in [3.63, 3.8) is 0 Å². The van der Waals surface area contributed by atoms with Crippen molar-refractivity contribution in [2.24, 2.45) is 23.6 Å². The topological polar surface area (TPSA) is 83.6 Å². The minimum Gasteiger partial charge on any atom is -0.481 e. The van der Waals surface area contributed by atoms with Crippen LogP contribution >= 0.6 is 0 Å². The summed E-state index contributed by atoms with van der Waals surface area (Å²) in [6.07, 6.45) is 3.09. The number of amides is 1. The number of carboxylic acids is 1. The van der Waals surface area contributed by atoms with Gasteiger partial charge in [0, 0.05) is 6.42 Å². The van der Waals surface area contributed by atoms with Gasteiger partial charge in [-0.15, -0.1) is 0 Å². The highest BCUT2D eigenvalue weighted by atomic mass is 16.4. The monoisotopic (exact) mass is 300 g/mol. The first-order valence-corrected chi connectivity index (χ1v) is 7.99. The van der Waals surface area contributed by atoms with Crippen molar-refractivity contribution in [3.05, 3.63) is 0 Å². The number of carboxylic acid groups (broad SMARTS) is 1. The fourth-order valence-electron chi connectivity index (χ4n) is 2.54. The van der Waals surface area contributed by atoms with E-state index in [9.17, 15) is 9.59 Å². The zero-order chi connectivity index (χ0) is 16.6. The Kier molecular flexibility index (Phi) is 9.26. The first-order valence-electron chi connectivity index (χ1n) is 7.99. The van der Waals surface area contributed by atoms with E-state index in [1.165, 1.54) is 5.01 Å². The van der Waals surface area contributed by atoms with E-state index in [-0.39, 0.29) is 18.2 Å². The Morgan fingerprint density at radius 3 is 2.14 bits per heavy atom. The molecule has 0 saturated heterocycles. The molecule has 0 aliphatic rings. The fraction of sp³-hybridized carbons (Fsp3) is 0.875. The number of aliphatic carboxylic acids is 1. The van der Waals surface area contributed by atoms with Crippen molar-refractivity contribution in [2.45, 2.75) is 72.8 Å². The van der Waals surface area contributed by atoms with Gasteiger partial charge in [0.1, 0.15) is 0 Å². The molecule has 0 aliphatic carbocycles. The lowest BCUT2D eigenvalue weighted by atomic mass is 9.84. The zero-order valence-electron chi connectivity index (χ0n) is 14.1. The summed E-state index contributed by atoms with van der Waals surface area (Å²) in [5.74, 6) is 5.70. The van der Waals surface area contributed by atoms with Crippen molar-refractivity contribution >= 4 is 11.9 Å². The minimum atomic E-state index is -0.914. The molecule has 3 N–H and O–H groups in total. The lowest BCUT2D eigenvalue weighted by molar-refractivity contribution is -0.143. The average Bonchev–Trinajstić information content (AvgIpc) is 2.40. The van der Waals surface area contributed by atoms with Crippen molar-refractivity contribution < 1.29 is 14.7 Å². The Bertz CT molecular complexity index is 331. The Morgan fingerprint density at radius 1 is 1.14 bits per heavy atom. The molecular weight excluding hydrogens is 268 g/mol. The molecule has 3 unspecified atom stereocenters. The highest BCUT2D eigenvalue weighted by Gasteiger charge is 2.31. The molecule has 0 fully saturated rings. The third-order valence-electron chi connectivity index (χ3n) is 4.21. The summed E-state index contributed by atoms with van der Waals surface area (Å²) < 4.78 is 0. The SMILES string of the molecule is CCCC(C)C(C)C(CC(=O)O)N(N)C(=O)CCC(C)C. The number of carbonyl (C=O) groups excluding carboxylic acids is 1. The van der Waals surface area contributed by atoms with Gasteiger partial charge < -0.3 is 5.11 Å². The van der Waals surface area contributed by atoms with Crippen LogP contribution in [-0.4, -0.2) is 28.0 Å². The molecule has 0 aromatic heterocycles. The fourth-order valence-corrected chi connectivity index (χ4v) is 2.54. The molecular formula is C16H32N2O3. The van der Waals surface area contributed by atoms with Gasteiger partial charge in [0.2, 0.25) is 5.91 Å². The molecule has 5 nitrogen and oxygen atoms in total. The predicted molar refractivity (Wildman–Crippen MR) is 84.4 cm³/mol. The summed E-state index contributed by atoms with van der Waals surface area (Å²) in [4.78, 5) is 23.3. The van der Waals surface area contributed by atoms with Crippen LogP contribution < -0.4 is 5.84 Å². The maximum Gasteiger partial charge on any atom is 0.305 e. The van der Waals surface area contributed by atoms with E-state index in [1.54, 1.807) is 0 Å². The lowest BCUT2D eigenvalue weighted by Gasteiger charge is -2.34. The van der Waals surface area contributed by atoms with Crippen LogP contribution in [0.3, 0.4) is 0 Å². The van der Waals surface area contributed by atoms with Crippen LogP contribution in [-0.2, 0) is 9.59 Å². The van der Waals surface area contributed by atoms with Crippen LogP contribution in [0.25, 0.3) is 0 Å². The molecule has 0 bridgehead atoms. The van der Waals surface area contributed by atoms with Gasteiger partial charge in [-0.3, -0.25) is 14.6 Å². The van der Waals surface area contributed by atoms with Gasteiger partial charge in [-0.2, -0.15) is 0 Å². The maximum atomic E-state index is 12.2. The highest BCUT2D eigenvalue weighted by molar-refractivity contribution is 5.77. The molecule has 0 rings (SSSR count). The molecule has 0 aliphatic heterocycles. The number of nitrogens with zero attached hydrogens (tertiary/aromatic N) is 1. The number of rotatable bonds is 10. The van der Waals surface area contributed by atoms with Crippen LogP contribution in [0.2, 0.25) is 0 Å². The molecule has 5 heteroatoms. The molecule has 124 valence electrons. The summed E-state index contributed by atoms with van der Waals surface area (Å²) in [7, 11) is 0. The third kappa shape index (κ3) is 7.46. The summed E-state index contributed by atoms with van der Waals surface area (Å²) in [6.45, 7) is 10.3. The van der Waals surface area contributed by atoms with Crippen LogP contribution in [0.15, 0.2) is 0 Å². The molecule has 0 aromatic carbocycles. The maximum absolute atomic E-state index is 12.2. The summed E-state index contributed by atoms with van der Waals surface area (Å²) >= 11 is 0. The summed E-state index contributed by atoms with van der Waals surface area (Å²) in [5, 5.41) is 10.3. The number of hydrogen-bond donors (Lipinski definition) is 2. The Morgan fingerprint density at radius 2 is 1.71 bits per heavy atom. The second-order valence-electron chi connectivity index (χ2n) is 6.52. The molecule has 0 heterocycles. The standard InChI is InChI=1S/C16H32N2O3/c1-6-7-12(4)13(5)14(10-16(20)21)18(17)15(19)9-8-11(2)3/h11-14H,6-10,17H2,1-5H3,(H,20,21). The van der Waals surface area contributed by atoms with E-state index in [2.05, 4.69) is 27.7 Å². The quantitative estimate of drug-likeness (QED) is 0.369. The van der Waals surface area contributed by atoms with Crippen molar-refractivity contribution in [2.75, 3.05) is 0 Å². The predicted octanol–water partition coefficient (Wildman–Crippen LogP) is 3.04.